The Balaban J connectivity index is 1.90. The Hall–Kier alpha value is -1.84. The summed E-state index contributed by atoms with van der Waals surface area (Å²) in [5, 5.41) is 10.9. The lowest BCUT2D eigenvalue weighted by Gasteiger charge is -2.33. The first-order valence-corrected chi connectivity index (χ1v) is 7.27. The zero-order valence-electron chi connectivity index (χ0n) is 12.3. The van der Waals surface area contributed by atoms with E-state index >= 15 is 0 Å². The first-order chi connectivity index (χ1) is 10.2. The molecule has 1 atom stereocenters. The second-order valence-corrected chi connectivity index (χ2v) is 5.86. The van der Waals surface area contributed by atoms with Crippen molar-refractivity contribution in [3.63, 3.8) is 0 Å². The summed E-state index contributed by atoms with van der Waals surface area (Å²) in [6, 6.07) is 16.0. The highest BCUT2D eigenvalue weighted by Crippen LogP contribution is 2.45. The van der Waals surface area contributed by atoms with E-state index in [0.29, 0.717) is 6.54 Å². The maximum absolute atomic E-state index is 10.9. The van der Waals surface area contributed by atoms with Gasteiger partial charge in [-0.1, -0.05) is 36.4 Å². The fraction of sp³-hybridized carbons (Fsp3) is 0.333. The SMILES string of the molecule is COc1ccc(C(O)C2(CN)Cc3ccccc3C2)cc1. The van der Waals surface area contributed by atoms with Crippen LogP contribution in [0.1, 0.15) is 22.8 Å². The molecule has 0 aliphatic heterocycles. The third-order valence-corrected chi connectivity index (χ3v) is 4.62. The van der Waals surface area contributed by atoms with Crippen LogP contribution in [0.5, 0.6) is 5.75 Å². The Bertz CT molecular complexity index is 596. The average Bonchev–Trinajstić information content (AvgIpc) is 2.94. The minimum atomic E-state index is -0.569. The Morgan fingerprint density at radius 2 is 1.67 bits per heavy atom. The molecule has 0 bridgehead atoms. The second kappa shape index (κ2) is 5.51. The summed E-state index contributed by atoms with van der Waals surface area (Å²) in [4.78, 5) is 0. The molecule has 110 valence electrons. The molecule has 0 heterocycles. The van der Waals surface area contributed by atoms with E-state index in [1.54, 1.807) is 7.11 Å². The standard InChI is InChI=1S/C18H21NO2/c1-21-16-8-6-13(7-9-16)17(20)18(12-19)10-14-4-2-3-5-15(14)11-18/h2-9,17,20H,10-12,19H2,1H3. The van der Waals surface area contributed by atoms with Crippen molar-refractivity contribution >= 4 is 0 Å². The third-order valence-electron chi connectivity index (χ3n) is 4.62. The lowest BCUT2D eigenvalue weighted by atomic mass is 9.76. The van der Waals surface area contributed by atoms with E-state index in [-0.39, 0.29) is 5.41 Å². The predicted molar refractivity (Wildman–Crippen MR) is 83.3 cm³/mol. The molecule has 1 unspecified atom stereocenters. The highest BCUT2D eigenvalue weighted by atomic mass is 16.5. The lowest BCUT2D eigenvalue weighted by Crippen LogP contribution is -2.37. The Morgan fingerprint density at radius 1 is 1.10 bits per heavy atom. The largest absolute Gasteiger partial charge is 0.497 e. The van der Waals surface area contributed by atoms with Crippen molar-refractivity contribution in [2.75, 3.05) is 13.7 Å². The van der Waals surface area contributed by atoms with Crippen molar-refractivity contribution in [2.45, 2.75) is 18.9 Å². The number of rotatable bonds is 4. The summed E-state index contributed by atoms with van der Waals surface area (Å²) >= 11 is 0. The smallest absolute Gasteiger partial charge is 0.118 e. The van der Waals surface area contributed by atoms with Gasteiger partial charge in [0.1, 0.15) is 5.75 Å². The van der Waals surface area contributed by atoms with Gasteiger partial charge in [0.25, 0.3) is 0 Å². The molecule has 21 heavy (non-hydrogen) atoms. The topological polar surface area (TPSA) is 55.5 Å². The second-order valence-electron chi connectivity index (χ2n) is 5.86. The molecule has 3 heteroatoms. The average molecular weight is 283 g/mol. The minimum absolute atomic E-state index is 0.307. The van der Waals surface area contributed by atoms with Gasteiger partial charge in [-0.2, -0.15) is 0 Å². The fourth-order valence-corrected chi connectivity index (χ4v) is 3.31. The zero-order chi connectivity index (χ0) is 14.9. The van der Waals surface area contributed by atoms with Crippen molar-refractivity contribution < 1.29 is 9.84 Å². The van der Waals surface area contributed by atoms with Crippen LogP contribution in [0.2, 0.25) is 0 Å². The molecule has 0 aromatic heterocycles. The number of hydrogen-bond acceptors (Lipinski definition) is 3. The highest BCUT2D eigenvalue weighted by molar-refractivity contribution is 5.37. The quantitative estimate of drug-likeness (QED) is 0.906. The van der Waals surface area contributed by atoms with Gasteiger partial charge in [0.15, 0.2) is 0 Å². The fourth-order valence-electron chi connectivity index (χ4n) is 3.31. The van der Waals surface area contributed by atoms with Gasteiger partial charge >= 0.3 is 0 Å². The van der Waals surface area contributed by atoms with Gasteiger partial charge < -0.3 is 15.6 Å². The molecule has 3 N–H and O–H groups in total. The van der Waals surface area contributed by atoms with Gasteiger partial charge in [-0.05, 0) is 41.7 Å². The molecule has 0 saturated heterocycles. The molecule has 3 rings (SSSR count). The predicted octanol–water partition coefficient (Wildman–Crippen LogP) is 2.47. The molecule has 0 amide bonds. The minimum Gasteiger partial charge on any atom is -0.497 e. The van der Waals surface area contributed by atoms with Crippen molar-refractivity contribution in [1.82, 2.24) is 0 Å². The van der Waals surface area contributed by atoms with E-state index in [1.807, 2.05) is 36.4 Å². The molecule has 3 nitrogen and oxygen atoms in total. The van der Waals surface area contributed by atoms with Crippen LogP contribution in [0.25, 0.3) is 0 Å². The molecular formula is C18H21NO2. The molecule has 0 fully saturated rings. The maximum Gasteiger partial charge on any atom is 0.118 e. The molecular weight excluding hydrogens is 262 g/mol. The van der Waals surface area contributed by atoms with E-state index < -0.39 is 6.10 Å². The van der Waals surface area contributed by atoms with Crippen LogP contribution >= 0.6 is 0 Å². The van der Waals surface area contributed by atoms with Gasteiger partial charge in [0, 0.05) is 12.0 Å². The highest BCUT2D eigenvalue weighted by Gasteiger charge is 2.42. The number of benzene rings is 2. The Labute approximate surface area is 125 Å². The summed E-state index contributed by atoms with van der Waals surface area (Å²) in [5.74, 6) is 0.794. The summed E-state index contributed by atoms with van der Waals surface area (Å²) in [6.45, 7) is 0.467. The molecule has 2 aromatic rings. The van der Waals surface area contributed by atoms with E-state index in [4.69, 9.17) is 10.5 Å². The number of hydrogen-bond donors (Lipinski definition) is 2. The van der Waals surface area contributed by atoms with Crippen LogP contribution in [0.3, 0.4) is 0 Å². The van der Waals surface area contributed by atoms with Gasteiger partial charge in [0.2, 0.25) is 0 Å². The van der Waals surface area contributed by atoms with Gasteiger partial charge in [-0.3, -0.25) is 0 Å². The van der Waals surface area contributed by atoms with Crippen LogP contribution in [0, 0.1) is 5.41 Å². The maximum atomic E-state index is 10.9. The lowest BCUT2D eigenvalue weighted by molar-refractivity contribution is 0.0358. The van der Waals surface area contributed by atoms with E-state index in [2.05, 4.69) is 12.1 Å². The first-order valence-electron chi connectivity index (χ1n) is 7.27. The van der Waals surface area contributed by atoms with E-state index in [9.17, 15) is 5.11 Å². The first kappa shape index (κ1) is 14.1. The molecule has 0 radical (unpaired) electrons. The van der Waals surface area contributed by atoms with Gasteiger partial charge in [0.05, 0.1) is 13.2 Å². The normalized spacial score (nSPS) is 17.3. The number of nitrogens with two attached hydrogens (primary N) is 1. The monoisotopic (exact) mass is 283 g/mol. The summed E-state index contributed by atoms with van der Waals surface area (Å²) in [7, 11) is 1.64. The van der Waals surface area contributed by atoms with Crippen LogP contribution in [0.15, 0.2) is 48.5 Å². The molecule has 1 aliphatic carbocycles. The number of aliphatic hydroxyl groups excluding tert-OH is 1. The molecule has 1 aliphatic rings. The van der Waals surface area contributed by atoms with Crippen molar-refractivity contribution in [3.8, 4) is 5.75 Å². The van der Waals surface area contributed by atoms with Crippen LogP contribution in [-0.2, 0) is 12.8 Å². The molecule has 0 saturated carbocycles. The zero-order valence-corrected chi connectivity index (χ0v) is 12.3. The number of methoxy groups -OCH3 is 1. The number of fused-ring (bicyclic) bond motifs is 1. The number of ether oxygens (including phenoxy) is 1. The number of aliphatic hydroxyl groups is 1. The van der Waals surface area contributed by atoms with Crippen molar-refractivity contribution in [1.29, 1.82) is 0 Å². The molecule has 0 spiro atoms. The van der Waals surface area contributed by atoms with Crippen LogP contribution in [-0.4, -0.2) is 18.8 Å². The van der Waals surface area contributed by atoms with Crippen LogP contribution < -0.4 is 10.5 Å². The summed E-state index contributed by atoms with van der Waals surface area (Å²) in [5.41, 5.74) is 9.25. The van der Waals surface area contributed by atoms with Crippen molar-refractivity contribution in [3.05, 3.63) is 65.2 Å². The Kier molecular flexibility index (Phi) is 3.70. The van der Waals surface area contributed by atoms with Gasteiger partial charge in [-0.25, -0.2) is 0 Å². The van der Waals surface area contributed by atoms with Crippen LogP contribution in [0.4, 0.5) is 0 Å². The summed E-state index contributed by atoms with van der Waals surface area (Å²) in [6.07, 6.45) is 1.08. The Morgan fingerprint density at radius 3 is 2.14 bits per heavy atom. The van der Waals surface area contributed by atoms with E-state index in [0.717, 1.165) is 24.2 Å². The molecule has 2 aromatic carbocycles. The van der Waals surface area contributed by atoms with Crippen molar-refractivity contribution in [2.24, 2.45) is 11.1 Å². The summed E-state index contributed by atoms with van der Waals surface area (Å²) < 4.78 is 5.17. The van der Waals surface area contributed by atoms with Gasteiger partial charge in [-0.15, -0.1) is 0 Å². The third kappa shape index (κ3) is 2.43. The van der Waals surface area contributed by atoms with E-state index in [1.165, 1.54) is 11.1 Å².